The number of halogens is 3. The molecule has 0 aliphatic heterocycles. The van der Waals surface area contributed by atoms with Crippen molar-refractivity contribution in [2.75, 3.05) is 0 Å². The van der Waals surface area contributed by atoms with Crippen LogP contribution in [0.15, 0.2) is 18.2 Å². The van der Waals surface area contributed by atoms with E-state index in [1.54, 1.807) is 32.0 Å². The predicted molar refractivity (Wildman–Crippen MR) is 72.1 cm³/mol. The molecule has 1 atom stereocenters. The van der Waals surface area contributed by atoms with Crippen molar-refractivity contribution in [2.24, 2.45) is 11.1 Å². The molecule has 0 aliphatic rings. The summed E-state index contributed by atoms with van der Waals surface area (Å²) in [6.07, 6.45) is 0. The lowest BCUT2D eigenvalue weighted by molar-refractivity contribution is -0.148. The maximum atomic E-state index is 11.1. The van der Waals surface area contributed by atoms with Gasteiger partial charge < -0.3 is 10.8 Å². The van der Waals surface area contributed by atoms with E-state index in [2.05, 4.69) is 0 Å². The molecule has 3 N–H and O–H groups in total. The Morgan fingerprint density at radius 1 is 1.29 bits per heavy atom. The van der Waals surface area contributed by atoms with Crippen LogP contribution < -0.4 is 5.73 Å². The zero-order chi connectivity index (χ0) is 12.5. The summed E-state index contributed by atoms with van der Waals surface area (Å²) >= 11 is 11.7. The molecule has 1 rings (SSSR count). The van der Waals surface area contributed by atoms with Crippen LogP contribution in [0, 0.1) is 5.41 Å². The fourth-order valence-electron chi connectivity index (χ4n) is 1.30. The quantitative estimate of drug-likeness (QED) is 0.897. The molecule has 3 nitrogen and oxygen atoms in total. The van der Waals surface area contributed by atoms with Crippen LogP contribution in [0.4, 0.5) is 0 Å². The van der Waals surface area contributed by atoms with E-state index >= 15 is 0 Å². The van der Waals surface area contributed by atoms with Gasteiger partial charge in [0.05, 0.1) is 5.41 Å². The lowest BCUT2D eigenvalue weighted by Crippen LogP contribution is -2.36. The third-order valence-electron chi connectivity index (χ3n) is 2.57. The fourth-order valence-corrected chi connectivity index (χ4v) is 1.85. The van der Waals surface area contributed by atoms with Crippen molar-refractivity contribution in [3.63, 3.8) is 0 Å². The van der Waals surface area contributed by atoms with Crippen molar-refractivity contribution < 1.29 is 9.90 Å². The summed E-state index contributed by atoms with van der Waals surface area (Å²) in [5.74, 6) is -0.962. The largest absolute Gasteiger partial charge is 0.481 e. The highest BCUT2D eigenvalue weighted by Crippen LogP contribution is 2.34. The Morgan fingerprint density at radius 2 is 1.71 bits per heavy atom. The second kappa shape index (κ2) is 5.91. The molecular formula is C11H14Cl3NO2. The molecule has 0 spiro atoms. The summed E-state index contributed by atoms with van der Waals surface area (Å²) < 4.78 is 0. The van der Waals surface area contributed by atoms with Crippen molar-refractivity contribution in [3.05, 3.63) is 33.8 Å². The van der Waals surface area contributed by atoms with Crippen LogP contribution in [-0.4, -0.2) is 11.1 Å². The SMILES string of the molecule is CC(C)(C(=O)O)C(N)c1cc(Cl)cc(Cl)c1.Cl. The monoisotopic (exact) mass is 297 g/mol. The van der Waals surface area contributed by atoms with Gasteiger partial charge in [-0.15, -0.1) is 12.4 Å². The van der Waals surface area contributed by atoms with Crippen molar-refractivity contribution in [3.8, 4) is 0 Å². The highest BCUT2D eigenvalue weighted by Gasteiger charge is 2.35. The van der Waals surface area contributed by atoms with Crippen LogP contribution in [0.1, 0.15) is 25.5 Å². The van der Waals surface area contributed by atoms with Crippen molar-refractivity contribution in [1.29, 1.82) is 0 Å². The summed E-state index contributed by atoms with van der Waals surface area (Å²) in [4.78, 5) is 11.1. The van der Waals surface area contributed by atoms with E-state index in [0.29, 0.717) is 15.6 Å². The van der Waals surface area contributed by atoms with Crippen LogP contribution in [-0.2, 0) is 4.79 Å². The first-order chi connectivity index (χ1) is 7.25. The number of hydrogen-bond acceptors (Lipinski definition) is 2. The molecule has 1 aromatic carbocycles. The van der Waals surface area contributed by atoms with E-state index in [-0.39, 0.29) is 12.4 Å². The third kappa shape index (κ3) is 3.75. The van der Waals surface area contributed by atoms with Gasteiger partial charge in [-0.1, -0.05) is 23.2 Å². The Bertz CT molecular complexity index is 401. The molecule has 0 radical (unpaired) electrons. The number of aliphatic carboxylic acids is 1. The van der Waals surface area contributed by atoms with Crippen LogP contribution in [0.5, 0.6) is 0 Å². The van der Waals surface area contributed by atoms with Gasteiger partial charge in [0.25, 0.3) is 0 Å². The highest BCUT2D eigenvalue weighted by molar-refractivity contribution is 6.34. The van der Waals surface area contributed by atoms with Crippen molar-refractivity contribution >= 4 is 41.6 Å². The topological polar surface area (TPSA) is 63.3 Å². The molecule has 0 bridgehead atoms. The number of hydrogen-bond donors (Lipinski definition) is 2. The maximum absolute atomic E-state index is 11.1. The van der Waals surface area contributed by atoms with Crippen molar-refractivity contribution in [2.45, 2.75) is 19.9 Å². The third-order valence-corrected chi connectivity index (χ3v) is 3.01. The average molecular weight is 299 g/mol. The Kier molecular flexibility index (Phi) is 5.75. The van der Waals surface area contributed by atoms with Gasteiger partial charge in [-0.05, 0) is 37.6 Å². The molecule has 0 saturated carbocycles. The van der Waals surface area contributed by atoms with Crippen LogP contribution in [0.2, 0.25) is 10.0 Å². The predicted octanol–water partition coefficient (Wildman–Crippen LogP) is 3.53. The number of nitrogens with two attached hydrogens (primary N) is 1. The lowest BCUT2D eigenvalue weighted by Gasteiger charge is -2.27. The molecule has 0 saturated heterocycles. The number of carboxylic acids is 1. The zero-order valence-electron chi connectivity index (χ0n) is 9.41. The molecule has 17 heavy (non-hydrogen) atoms. The summed E-state index contributed by atoms with van der Waals surface area (Å²) in [6.45, 7) is 3.13. The van der Waals surface area contributed by atoms with Gasteiger partial charge in [0, 0.05) is 16.1 Å². The number of benzene rings is 1. The number of carboxylic acid groups (broad SMARTS) is 1. The first-order valence-corrected chi connectivity index (χ1v) is 5.45. The van der Waals surface area contributed by atoms with Gasteiger partial charge in [0.2, 0.25) is 0 Å². The second-order valence-corrected chi connectivity index (χ2v) is 5.08. The molecular weight excluding hydrogens is 284 g/mol. The second-order valence-electron chi connectivity index (χ2n) is 4.21. The van der Waals surface area contributed by atoms with Gasteiger partial charge in [0.1, 0.15) is 0 Å². The molecule has 1 aromatic rings. The molecule has 6 heteroatoms. The van der Waals surface area contributed by atoms with Crippen LogP contribution in [0.3, 0.4) is 0 Å². The molecule has 1 unspecified atom stereocenters. The first-order valence-electron chi connectivity index (χ1n) is 4.70. The van der Waals surface area contributed by atoms with Gasteiger partial charge in [-0.2, -0.15) is 0 Å². The van der Waals surface area contributed by atoms with Crippen LogP contribution in [0.25, 0.3) is 0 Å². The Morgan fingerprint density at radius 3 is 2.06 bits per heavy atom. The minimum atomic E-state index is -1.08. The standard InChI is InChI=1S/C11H13Cl2NO2.ClH/c1-11(2,10(15)16)9(14)6-3-7(12)5-8(13)4-6;/h3-5,9H,14H2,1-2H3,(H,15,16);1H. The highest BCUT2D eigenvalue weighted by atomic mass is 35.5. The molecule has 0 heterocycles. The van der Waals surface area contributed by atoms with Crippen molar-refractivity contribution in [1.82, 2.24) is 0 Å². The minimum Gasteiger partial charge on any atom is -0.481 e. The summed E-state index contributed by atoms with van der Waals surface area (Å²) in [6, 6.07) is 4.17. The molecule has 0 fully saturated rings. The molecule has 96 valence electrons. The number of carbonyl (C=O) groups is 1. The minimum absolute atomic E-state index is 0. The Balaban J connectivity index is 0.00000256. The van der Waals surface area contributed by atoms with E-state index < -0.39 is 17.4 Å². The van der Waals surface area contributed by atoms with Crippen LogP contribution >= 0.6 is 35.6 Å². The van der Waals surface area contributed by atoms with Gasteiger partial charge in [-0.3, -0.25) is 4.79 Å². The molecule has 0 aliphatic carbocycles. The van der Waals surface area contributed by atoms with Gasteiger partial charge >= 0.3 is 5.97 Å². The Labute approximate surface area is 116 Å². The fraction of sp³-hybridized carbons (Fsp3) is 0.364. The van der Waals surface area contributed by atoms with E-state index in [1.807, 2.05) is 0 Å². The van der Waals surface area contributed by atoms with E-state index in [1.165, 1.54) is 0 Å². The first kappa shape index (κ1) is 16.5. The Hall–Kier alpha value is -0.480. The normalized spacial score (nSPS) is 12.8. The van der Waals surface area contributed by atoms with E-state index in [9.17, 15) is 4.79 Å². The lowest BCUT2D eigenvalue weighted by atomic mass is 9.81. The summed E-state index contributed by atoms with van der Waals surface area (Å²) in [5, 5.41) is 9.95. The average Bonchev–Trinajstić information content (AvgIpc) is 2.14. The number of rotatable bonds is 3. The van der Waals surface area contributed by atoms with Gasteiger partial charge in [-0.25, -0.2) is 0 Å². The molecule has 0 amide bonds. The van der Waals surface area contributed by atoms with E-state index in [0.717, 1.165) is 0 Å². The maximum Gasteiger partial charge on any atom is 0.311 e. The summed E-state index contributed by atoms with van der Waals surface area (Å²) in [5.41, 5.74) is 5.45. The molecule has 0 aromatic heterocycles. The zero-order valence-corrected chi connectivity index (χ0v) is 11.7. The van der Waals surface area contributed by atoms with E-state index in [4.69, 9.17) is 34.0 Å². The summed E-state index contributed by atoms with van der Waals surface area (Å²) in [7, 11) is 0. The smallest absolute Gasteiger partial charge is 0.311 e. The van der Waals surface area contributed by atoms with Gasteiger partial charge in [0.15, 0.2) is 0 Å².